The number of hydrogen-bond donors (Lipinski definition) is 2. The van der Waals surface area contributed by atoms with Gasteiger partial charge >= 0.3 is 6.18 Å². The van der Waals surface area contributed by atoms with Crippen molar-refractivity contribution < 1.29 is 18.0 Å². The number of aryl methyl sites for hydroxylation is 2. The quantitative estimate of drug-likeness (QED) is 0.395. The molecule has 0 radical (unpaired) electrons. The van der Waals surface area contributed by atoms with Crippen molar-refractivity contribution in [3.63, 3.8) is 0 Å². The van der Waals surface area contributed by atoms with Crippen LogP contribution in [0.2, 0.25) is 5.02 Å². The highest BCUT2D eigenvalue weighted by Gasteiger charge is 2.30. The number of hydrogen-bond acceptors (Lipinski definition) is 2. The Balaban J connectivity index is 1.87. The molecule has 7 heteroatoms. The summed E-state index contributed by atoms with van der Waals surface area (Å²) < 4.78 is 38.6. The number of carbonyl (C=O) groups excluding carboxylic acids is 1. The molecule has 1 amide bonds. The molecule has 0 unspecified atom stereocenters. The second kappa shape index (κ2) is 10.9. The maximum atomic E-state index is 12.9. The van der Waals surface area contributed by atoms with E-state index in [4.69, 9.17) is 11.6 Å². The van der Waals surface area contributed by atoms with Gasteiger partial charge in [0.1, 0.15) is 6.04 Å². The summed E-state index contributed by atoms with van der Waals surface area (Å²) in [5.74, 6) is -0.182. The van der Waals surface area contributed by atoms with Crippen molar-refractivity contribution >= 4 is 17.5 Å². The van der Waals surface area contributed by atoms with Gasteiger partial charge in [0.2, 0.25) is 5.91 Å². The van der Waals surface area contributed by atoms with Gasteiger partial charge in [0.05, 0.1) is 5.56 Å². The van der Waals surface area contributed by atoms with E-state index in [1.165, 1.54) is 12.1 Å². The zero-order valence-corrected chi connectivity index (χ0v) is 19.2. The van der Waals surface area contributed by atoms with Crippen LogP contribution in [-0.4, -0.2) is 13.0 Å². The average Bonchev–Trinajstić information content (AvgIpc) is 2.81. The summed E-state index contributed by atoms with van der Waals surface area (Å²) in [6.45, 7) is 1.91. The molecule has 0 saturated heterocycles. The molecule has 174 valence electrons. The molecule has 0 aromatic heterocycles. The van der Waals surface area contributed by atoms with E-state index in [1.807, 2.05) is 55.5 Å². The molecule has 0 heterocycles. The van der Waals surface area contributed by atoms with Crippen LogP contribution < -0.4 is 10.6 Å². The summed E-state index contributed by atoms with van der Waals surface area (Å²) in [7, 11) is 1.58. The van der Waals surface area contributed by atoms with Crippen LogP contribution in [0.1, 0.15) is 46.3 Å². The number of amides is 1. The normalized spacial score (nSPS) is 13.4. The standard InChI is InChI=1S/C26H26ClF3N2O/c1-17-8-12-20(16-22(17)27)23(15-11-18-9-13-21(14-10-18)26(28,29)30)32-24(25(33)31-2)19-6-4-3-5-7-19/h3-10,12-14,16,23-24,32H,11,15H2,1-2H3,(H,31,33)/t23-,24+/m0/s1. The highest BCUT2D eigenvalue weighted by Crippen LogP contribution is 2.31. The first-order valence-electron chi connectivity index (χ1n) is 10.6. The van der Waals surface area contributed by atoms with Gasteiger partial charge in [0, 0.05) is 18.1 Å². The van der Waals surface area contributed by atoms with Crippen molar-refractivity contribution in [3.05, 3.63) is 106 Å². The van der Waals surface area contributed by atoms with E-state index in [2.05, 4.69) is 10.6 Å². The molecule has 2 N–H and O–H groups in total. The summed E-state index contributed by atoms with van der Waals surface area (Å²) in [4.78, 5) is 12.7. The first kappa shape index (κ1) is 24.8. The minimum absolute atomic E-state index is 0.182. The lowest BCUT2D eigenvalue weighted by atomic mass is 9.95. The summed E-state index contributed by atoms with van der Waals surface area (Å²) in [5, 5.41) is 6.76. The maximum Gasteiger partial charge on any atom is 0.416 e. The Bertz CT molecular complexity index is 1070. The lowest BCUT2D eigenvalue weighted by Crippen LogP contribution is -2.38. The number of halogens is 4. The van der Waals surface area contributed by atoms with Crippen LogP contribution in [0.15, 0.2) is 72.8 Å². The Hall–Kier alpha value is -2.83. The van der Waals surface area contributed by atoms with E-state index in [-0.39, 0.29) is 11.9 Å². The minimum atomic E-state index is -4.36. The number of rotatable bonds is 8. The fourth-order valence-corrected chi connectivity index (χ4v) is 3.85. The summed E-state index contributed by atoms with van der Waals surface area (Å²) in [6.07, 6.45) is -3.28. The van der Waals surface area contributed by atoms with E-state index in [0.29, 0.717) is 17.9 Å². The Morgan fingerprint density at radius 1 is 0.970 bits per heavy atom. The van der Waals surface area contributed by atoms with Gasteiger partial charge in [-0.05, 0) is 60.2 Å². The maximum absolute atomic E-state index is 12.9. The van der Waals surface area contributed by atoms with Crippen LogP contribution in [0.3, 0.4) is 0 Å². The van der Waals surface area contributed by atoms with E-state index in [0.717, 1.165) is 34.4 Å². The van der Waals surface area contributed by atoms with Crippen LogP contribution in [0.5, 0.6) is 0 Å². The van der Waals surface area contributed by atoms with E-state index < -0.39 is 17.8 Å². The van der Waals surface area contributed by atoms with Crippen LogP contribution in [0, 0.1) is 6.92 Å². The Morgan fingerprint density at radius 2 is 1.64 bits per heavy atom. The predicted molar refractivity (Wildman–Crippen MR) is 125 cm³/mol. The van der Waals surface area contributed by atoms with Gasteiger partial charge in [0.15, 0.2) is 0 Å². The zero-order valence-electron chi connectivity index (χ0n) is 18.4. The molecule has 3 nitrogen and oxygen atoms in total. The highest BCUT2D eigenvalue weighted by atomic mass is 35.5. The van der Waals surface area contributed by atoms with Crippen LogP contribution in [-0.2, 0) is 17.4 Å². The molecule has 0 saturated carbocycles. The molecule has 2 atom stereocenters. The third-order valence-electron chi connectivity index (χ3n) is 5.61. The molecule has 0 aliphatic carbocycles. The van der Waals surface area contributed by atoms with E-state index >= 15 is 0 Å². The first-order valence-corrected chi connectivity index (χ1v) is 11.0. The Kier molecular flexibility index (Phi) is 8.16. The van der Waals surface area contributed by atoms with Crippen molar-refractivity contribution in [2.75, 3.05) is 7.05 Å². The lowest BCUT2D eigenvalue weighted by molar-refractivity contribution is -0.137. The molecule has 3 aromatic carbocycles. The molecular formula is C26H26ClF3N2O. The largest absolute Gasteiger partial charge is 0.416 e. The van der Waals surface area contributed by atoms with Gasteiger partial charge in [-0.15, -0.1) is 0 Å². The molecule has 0 fully saturated rings. The predicted octanol–water partition coefficient (Wildman–Crippen LogP) is 6.42. The lowest BCUT2D eigenvalue weighted by Gasteiger charge is -2.26. The van der Waals surface area contributed by atoms with Crippen molar-refractivity contribution in [2.24, 2.45) is 0 Å². The average molecular weight is 475 g/mol. The van der Waals surface area contributed by atoms with Gasteiger partial charge in [-0.3, -0.25) is 10.1 Å². The fraction of sp³-hybridized carbons (Fsp3) is 0.269. The van der Waals surface area contributed by atoms with Gasteiger partial charge < -0.3 is 5.32 Å². The van der Waals surface area contributed by atoms with Crippen molar-refractivity contribution in [3.8, 4) is 0 Å². The second-order valence-corrected chi connectivity index (χ2v) is 8.33. The van der Waals surface area contributed by atoms with Crippen LogP contribution in [0.4, 0.5) is 13.2 Å². The zero-order chi connectivity index (χ0) is 24.0. The molecule has 3 aromatic rings. The van der Waals surface area contributed by atoms with Crippen LogP contribution >= 0.6 is 11.6 Å². The molecule has 0 aliphatic heterocycles. The third kappa shape index (κ3) is 6.59. The Labute approximate surface area is 197 Å². The van der Waals surface area contributed by atoms with E-state index in [1.54, 1.807) is 7.05 Å². The van der Waals surface area contributed by atoms with E-state index in [9.17, 15) is 18.0 Å². The number of alkyl halides is 3. The van der Waals surface area contributed by atoms with Crippen molar-refractivity contribution in [2.45, 2.75) is 38.0 Å². The summed E-state index contributed by atoms with van der Waals surface area (Å²) in [6, 6.07) is 19.4. The molecule has 0 aliphatic rings. The molecule has 3 rings (SSSR count). The SMILES string of the molecule is CNC(=O)[C@H](N[C@@H](CCc1ccc(C(F)(F)F)cc1)c1ccc(C)c(Cl)c1)c1ccccc1. The van der Waals surface area contributed by atoms with Crippen LogP contribution in [0.25, 0.3) is 0 Å². The molecule has 0 bridgehead atoms. The Morgan fingerprint density at radius 3 is 2.21 bits per heavy atom. The summed E-state index contributed by atoms with van der Waals surface area (Å²) in [5.41, 5.74) is 2.77. The monoisotopic (exact) mass is 474 g/mol. The fourth-order valence-electron chi connectivity index (χ4n) is 3.66. The van der Waals surface area contributed by atoms with Gasteiger partial charge in [-0.25, -0.2) is 0 Å². The summed E-state index contributed by atoms with van der Waals surface area (Å²) >= 11 is 6.36. The molecule has 0 spiro atoms. The van der Waals surface area contributed by atoms with Crippen molar-refractivity contribution in [1.82, 2.24) is 10.6 Å². The smallest absolute Gasteiger partial charge is 0.358 e. The van der Waals surface area contributed by atoms with Crippen molar-refractivity contribution in [1.29, 1.82) is 0 Å². The second-order valence-electron chi connectivity index (χ2n) is 7.92. The highest BCUT2D eigenvalue weighted by molar-refractivity contribution is 6.31. The molecular weight excluding hydrogens is 449 g/mol. The molecule has 33 heavy (non-hydrogen) atoms. The first-order chi connectivity index (χ1) is 15.7. The topological polar surface area (TPSA) is 41.1 Å². The number of carbonyl (C=O) groups is 1. The minimum Gasteiger partial charge on any atom is -0.358 e. The number of benzene rings is 3. The number of likely N-dealkylation sites (N-methyl/N-ethyl adjacent to an activating group) is 1. The van der Waals surface area contributed by atoms with Gasteiger partial charge in [-0.1, -0.05) is 66.2 Å². The number of nitrogens with one attached hydrogen (secondary N) is 2. The third-order valence-corrected chi connectivity index (χ3v) is 6.02. The van der Waals surface area contributed by atoms with Gasteiger partial charge in [-0.2, -0.15) is 13.2 Å². The van der Waals surface area contributed by atoms with Gasteiger partial charge in [0.25, 0.3) is 0 Å².